The number of nitrogens with one attached hydrogen (secondary N) is 1. The number of aromatic nitrogens is 1. The highest BCUT2D eigenvalue weighted by Gasteiger charge is 2.18. The van der Waals surface area contributed by atoms with Crippen molar-refractivity contribution in [1.29, 1.82) is 0 Å². The zero-order valence-corrected chi connectivity index (χ0v) is 16.5. The second kappa shape index (κ2) is 7.21. The summed E-state index contributed by atoms with van der Waals surface area (Å²) in [5.41, 5.74) is 5.05. The largest absolute Gasteiger partial charge is 0.372 e. The van der Waals surface area contributed by atoms with Crippen molar-refractivity contribution in [3.63, 3.8) is 0 Å². The number of carbonyl (C=O) groups excluding carboxylic acids is 1. The van der Waals surface area contributed by atoms with Gasteiger partial charge in [-0.25, -0.2) is 4.98 Å². The average molecular weight is 384 g/mol. The van der Waals surface area contributed by atoms with Crippen LogP contribution in [-0.2, 0) is 0 Å². The summed E-state index contributed by atoms with van der Waals surface area (Å²) in [5, 5.41) is 8.04. The second-order valence-corrected chi connectivity index (χ2v) is 8.37. The Kier molecular flexibility index (Phi) is 4.78. The van der Waals surface area contributed by atoms with Crippen molar-refractivity contribution < 1.29 is 4.79 Å². The fraction of sp³-hybridized carbons (Fsp3) is 0.300. The quantitative estimate of drug-likeness (QED) is 0.661. The maximum absolute atomic E-state index is 12.8. The van der Waals surface area contributed by atoms with E-state index in [9.17, 15) is 4.79 Å². The van der Waals surface area contributed by atoms with Gasteiger partial charge in [0, 0.05) is 35.4 Å². The predicted octanol–water partition coefficient (Wildman–Crippen LogP) is 5.34. The summed E-state index contributed by atoms with van der Waals surface area (Å²) in [5.74, 6) is -0.0847. The lowest BCUT2D eigenvalue weighted by Crippen LogP contribution is -2.18. The van der Waals surface area contributed by atoms with Crippen LogP contribution in [0.5, 0.6) is 0 Å². The van der Waals surface area contributed by atoms with E-state index in [4.69, 9.17) is 0 Å². The summed E-state index contributed by atoms with van der Waals surface area (Å²) in [4.78, 5) is 20.4. The maximum atomic E-state index is 12.8. The maximum Gasteiger partial charge on any atom is 0.267 e. The first-order valence-corrected chi connectivity index (χ1v) is 10.5. The first kappa shape index (κ1) is 17.2. The Morgan fingerprint density at radius 1 is 1.19 bits per heavy atom. The molecule has 0 saturated carbocycles. The topological polar surface area (TPSA) is 45.2 Å². The van der Waals surface area contributed by atoms with Gasteiger partial charge in [-0.15, -0.1) is 11.3 Å². The minimum Gasteiger partial charge on any atom is -0.372 e. The number of amides is 1. The second-order valence-electron chi connectivity index (χ2n) is 6.59. The van der Waals surface area contributed by atoms with E-state index in [0.29, 0.717) is 4.88 Å². The molecule has 1 N–H and O–H groups in total. The molecular formula is C20H21N3OS2. The summed E-state index contributed by atoms with van der Waals surface area (Å²) in [6.45, 7) is 6.18. The number of thiophene rings is 1. The Balaban J connectivity index is 1.53. The van der Waals surface area contributed by atoms with Gasteiger partial charge in [0.15, 0.2) is 0 Å². The Bertz CT molecular complexity index is 925. The van der Waals surface area contributed by atoms with E-state index < -0.39 is 0 Å². The first-order chi connectivity index (χ1) is 12.6. The van der Waals surface area contributed by atoms with Gasteiger partial charge >= 0.3 is 0 Å². The Hall–Kier alpha value is -2.18. The van der Waals surface area contributed by atoms with E-state index in [0.717, 1.165) is 40.6 Å². The Morgan fingerprint density at radius 3 is 2.69 bits per heavy atom. The van der Waals surface area contributed by atoms with Crippen LogP contribution < -0.4 is 10.2 Å². The smallest absolute Gasteiger partial charge is 0.267 e. The van der Waals surface area contributed by atoms with E-state index in [1.165, 1.54) is 29.9 Å². The van der Waals surface area contributed by atoms with Gasteiger partial charge in [0.25, 0.3) is 5.91 Å². The van der Waals surface area contributed by atoms with Crippen LogP contribution in [0, 0.1) is 13.8 Å². The molecule has 6 heteroatoms. The lowest BCUT2D eigenvalue weighted by molar-refractivity contribution is 0.102. The molecule has 1 saturated heterocycles. The fourth-order valence-corrected chi connectivity index (χ4v) is 4.93. The number of anilines is 2. The molecule has 1 aliphatic rings. The lowest BCUT2D eigenvalue weighted by Gasteiger charge is -2.19. The van der Waals surface area contributed by atoms with Gasteiger partial charge in [-0.2, -0.15) is 11.3 Å². The molecule has 1 fully saturated rings. The van der Waals surface area contributed by atoms with Crippen molar-refractivity contribution in [2.24, 2.45) is 0 Å². The average Bonchev–Trinajstić information content (AvgIpc) is 3.37. The molecule has 0 aliphatic carbocycles. The van der Waals surface area contributed by atoms with Crippen molar-refractivity contribution in [2.45, 2.75) is 26.7 Å². The lowest BCUT2D eigenvalue weighted by atomic mass is 10.1. The van der Waals surface area contributed by atoms with E-state index in [-0.39, 0.29) is 5.91 Å². The molecule has 2 aromatic heterocycles. The van der Waals surface area contributed by atoms with Crippen LogP contribution in [0.25, 0.3) is 10.6 Å². The van der Waals surface area contributed by atoms with Gasteiger partial charge in [0.1, 0.15) is 9.88 Å². The number of carbonyl (C=O) groups is 1. The van der Waals surface area contributed by atoms with Crippen LogP contribution in [-0.4, -0.2) is 24.0 Å². The minimum atomic E-state index is -0.0847. The Labute approximate surface area is 161 Å². The monoisotopic (exact) mass is 383 g/mol. The molecule has 26 heavy (non-hydrogen) atoms. The highest BCUT2D eigenvalue weighted by Crippen LogP contribution is 2.31. The summed E-state index contributed by atoms with van der Waals surface area (Å²) in [6, 6.07) is 8.31. The van der Waals surface area contributed by atoms with Gasteiger partial charge in [0.05, 0.1) is 5.69 Å². The van der Waals surface area contributed by atoms with Gasteiger partial charge < -0.3 is 10.2 Å². The Morgan fingerprint density at radius 2 is 2.00 bits per heavy atom. The third kappa shape index (κ3) is 3.39. The van der Waals surface area contributed by atoms with Crippen LogP contribution in [0.3, 0.4) is 0 Å². The predicted molar refractivity (Wildman–Crippen MR) is 111 cm³/mol. The van der Waals surface area contributed by atoms with E-state index >= 15 is 0 Å². The van der Waals surface area contributed by atoms with Gasteiger partial charge in [-0.1, -0.05) is 0 Å². The number of nitrogens with zero attached hydrogens (tertiary/aromatic N) is 2. The van der Waals surface area contributed by atoms with Crippen molar-refractivity contribution in [3.05, 3.63) is 51.2 Å². The summed E-state index contributed by atoms with van der Waals surface area (Å²) < 4.78 is 0. The number of hydrogen-bond acceptors (Lipinski definition) is 5. The zero-order valence-electron chi connectivity index (χ0n) is 14.9. The molecule has 1 aromatic carbocycles. The first-order valence-electron chi connectivity index (χ1n) is 8.79. The van der Waals surface area contributed by atoms with Crippen LogP contribution >= 0.6 is 22.7 Å². The number of hydrogen-bond donors (Lipinski definition) is 1. The number of benzene rings is 1. The van der Waals surface area contributed by atoms with E-state index in [1.54, 1.807) is 11.3 Å². The van der Waals surface area contributed by atoms with Crippen molar-refractivity contribution in [3.8, 4) is 10.6 Å². The normalized spacial score (nSPS) is 14.0. The molecule has 1 aliphatic heterocycles. The van der Waals surface area contributed by atoms with E-state index in [1.807, 2.05) is 31.4 Å². The van der Waals surface area contributed by atoms with Crippen LogP contribution in [0.2, 0.25) is 0 Å². The van der Waals surface area contributed by atoms with Crippen LogP contribution in [0.1, 0.15) is 33.8 Å². The SMILES string of the molecule is Cc1cc(N2CCCC2)ccc1NC(=O)c1sc(-c2ccsc2)nc1C. The van der Waals surface area contributed by atoms with Crippen molar-refractivity contribution in [1.82, 2.24) is 4.98 Å². The minimum absolute atomic E-state index is 0.0847. The summed E-state index contributed by atoms with van der Waals surface area (Å²) in [6.07, 6.45) is 2.52. The van der Waals surface area contributed by atoms with Gasteiger partial charge in [-0.3, -0.25) is 4.79 Å². The molecule has 3 aromatic rings. The van der Waals surface area contributed by atoms with Crippen LogP contribution in [0.4, 0.5) is 11.4 Å². The fourth-order valence-electron chi connectivity index (χ4n) is 3.26. The number of thiazole rings is 1. The van der Waals surface area contributed by atoms with Gasteiger partial charge in [-0.05, 0) is 61.9 Å². The molecular weight excluding hydrogens is 362 g/mol. The van der Waals surface area contributed by atoms with E-state index in [2.05, 4.69) is 32.7 Å². The summed E-state index contributed by atoms with van der Waals surface area (Å²) >= 11 is 3.09. The molecule has 3 heterocycles. The molecule has 4 nitrogen and oxygen atoms in total. The third-order valence-electron chi connectivity index (χ3n) is 4.70. The molecule has 4 rings (SSSR count). The van der Waals surface area contributed by atoms with Crippen LogP contribution in [0.15, 0.2) is 35.0 Å². The number of rotatable bonds is 4. The molecule has 0 spiro atoms. The highest BCUT2D eigenvalue weighted by molar-refractivity contribution is 7.17. The summed E-state index contributed by atoms with van der Waals surface area (Å²) in [7, 11) is 0. The standard InChI is InChI=1S/C20H21N3OS2/c1-13-11-16(23-8-3-4-9-23)5-6-17(13)22-19(24)18-14(2)21-20(26-18)15-7-10-25-12-15/h5-7,10-12H,3-4,8-9H2,1-2H3,(H,22,24). The zero-order chi connectivity index (χ0) is 18.1. The third-order valence-corrected chi connectivity index (χ3v) is 6.59. The van der Waals surface area contributed by atoms with Crippen molar-refractivity contribution in [2.75, 3.05) is 23.3 Å². The molecule has 0 radical (unpaired) electrons. The molecule has 0 unspecified atom stereocenters. The molecule has 134 valence electrons. The molecule has 0 bridgehead atoms. The van der Waals surface area contributed by atoms with Gasteiger partial charge in [0.2, 0.25) is 0 Å². The number of aryl methyl sites for hydroxylation is 2. The molecule has 1 amide bonds. The molecule has 0 atom stereocenters. The van der Waals surface area contributed by atoms with Crippen molar-refractivity contribution >= 4 is 40.0 Å². The highest BCUT2D eigenvalue weighted by atomic mass is 32.1.